The molecule has 2 rings (SSSR count). The molecule has 0 spiro atoms. The summed E-state index contributed by atoms with van der Waals surface area (Å²) < 4.78 is 32.7. The van der Waals surface area contributed by atoms with Crippen LogP contribution >= 0.6 is 24.0 Å². The minimum absolute atomic E-state index is 0. The Hall–Kier alpha value is -2.10. The van der Waals surface area contributed by atoms with Gasteiger partial charge in [-0.2, -0.15) is 0 Å². The van der Waals surface area contributed by atoms with Gasteiger partial charge in [-0.15, -0.1) is 24.0 Å². The van der Waals surface area contributed by atoms with Gasteiger partial charge in [0.2, 0.25) is 0 Å². The molecule has 2 aromatic rings. The maximum Gasteiger partial charge on any atom is 0.191 e. The Morgan fingerprint density at radius 3 is 2.52 bits per heavy atom. The van der Waals surface area contributed by atoms with Gasteiger partial charge in [0.25, 0.3) is 0 Å². The molecule has 0 bridgehead atoms. The lowest BCUT2D eigenvalue weighted by Gasteiger charge is -2.20. The molecule has 0 aliphatic carbocycles. The van der Waals surface area contributed by atoms with Gasteiger partial charge in [0.1, 0.15) is 6.10 Å². The number of hydrogen-bond donors (Lipinski definition) is 3. The zero-order valence-corrected chi connectivity index (χ0v) is 17.5. The zero-order valence-electron chi connectivity index (χ0n) is 15.2. The van der Waals surface area contributed by atoms with Crippen LogP contribution in [0.25, 0.3) is 0 Å². The smallest absolute Gasteiger partial charge is 0.191 e. The predicted molar refractivity (Wildman–Crippen MR) is 113 cm³/mol. The zero-order chi connectivity index (χ0) is 18.9. The van der Waals surface area contributed by atoms with Gasteiger partial charge in [-0.3, -0.25) is 4.99 Å². The minimum Gasteiger partial charge on any atom is -0.505 e. The molecule has 5 nitrogen and oxygen atoms in total. The molecule has 27 heavy (non-hydrogen) atoms. The summed E-state index contributed by atoms with van der Waals surface area (Å²) in [5, 5.41) is 15.4. The number of ether oxygens (including phenoxy) is 1. The van der Waals surface area contributed by atoms with Gasteiger partial charge < -0.3 is 20.5 Å². The number of rotatable bonds is 7. The van der Waals surface area contributed by atoms with E-state index in [0.29, 0.717) is 31.0 Å². The first-order chi connectivity index (χ1) is 12.5. The molecule has 1 unspecified atom stereocenters. The second-order valence-corrected chi connectivity index (χ2v) is 5.67. The number of nitrogens with one attached hydrogen (secondary N) is 2. The Balaban J connectivity index is 0.00000364. The van der Waals surface area contributed by atoms with E-state index in [9.17, 15) is 13.9 Å². The fourth-order valence-electron chi connectivity index (χ4n) is 2.27. The molecular weight excluding hydrogens is 467 g/mol. The summed E-state index contributed by atoms with van der Waals surface area (Å²) >= 11 is 0. The van der Waals surface area contributed by atoms with Crippen molar-refractivity contribution >= 4 is 29.9 Å². The predicted octanol–water partition coefficient (Wildman–Crippen LogP) is 3.81. The molecule has 0 amide bonds. The monoisotopic (exact) mass is 491 g/mol. The van der Waals surface area contributed by atoms with Crippen molar-refractivity contribution in [3.05, 3.63) is 59.7 Å². The Bertz CT molecular complexity index is 759. The summed E-state index contributed by atoms with van der Waals surface area (Å²) in [7, 11) is 1.62. The number of phenols is 1. The summed E-state index contributed by atoms with van der Waals surface area (Å²) in [6.45, 7) is 2.71. The number of aromatic hydroxyl groups is 1. The molecule has 8 heteroatoms. The van der Waals surface area contributed by atoms with Gasteiger partial charge in [0.05, 0.1) is 6.54 Å². The maximum atomic E-state index is 13.7. The number of halogens is 3. The average molecular weight is 491 g/mol. The number of guanidine groups is 1. The molecule has 0 aliphatic rings. The van der Waals surface area contributed by atoms with Gasteiger partial charge in [-0.1, -0.05) is 25.1 Å². The SMILES string of the molecule is CCC(CNC(=NC)NCc1ccc(O)c(F)c1)Oc1ccccc1F.I. The highest BCUT2D eigenvalue weighted by Gasteiger charge is 2.12. The Morgan fingerprint density at radius 2 is 1.89 bits per heavy atom. The van der Waals surface area contributed by atoms with Crippen LogP contribution in [0, 0.1) is 11.6 Å². The lowest BCUT2D eigenvalue weighted by atomic mass is 10.2. The van der Waals surface area contributed by atoms with Crippen LogP contribution in [0.5, 0.6) is 11.5 Å². The van der Waals surface area contributed by atoms with E-state index in [-0.39, 0.29) is 41.6 Å². The van der Waals surface area contributed by atoms with Crippen molar-refractivity contribution < 1.29 is 18.6 Å². The summed E-state index contributed by atoms with van der Waals surface area (Å²) in [5.74, 6) is -0.732. The number of benzene rings is 2. The topological polar surface area (TPSA) is 65.9 Å². The molecule has 0 saturated heterocycles. The fourth-order valence-corrected chi connectivity index (χ4v) is 2.27. The molecular formula is C19H24F2IN3O2. The van der Waals surface area contributed by atoms with E-state index in [1.807, 2.05) is 6.92 Å². The fraction of sp³-hybridized carbons (Fsp3) is 0.316. The highest BCUT2D eigenvalue weighted by molar-refractivity contribution is 14.0. The number of hydrogen-bond acceptors (Lipinski definition) is 3. The largest absolute Gasteiger partial charge is 0.505 e. The first-order valence-electron chi connectivity index (χ1n) is 8.36. The highest BCUT2D eigenvalue weighted by atomic mass is 127. The van der Waals surface area contributed by atoms with Crippen molar-refractivity contribution in [2.24, 2.45) is 4.99 Å². The molecule has 0 aliphatic heterocycles. The van der Waals surface area contributed by atoms with Crippen molar-refractivity contribution in [3.8, 4) is 11.5 Å². The Kier molecular flexibility index (Phi) is 9.84. The average Bonchev–Trinajstić information content (AvgIpc) is 2.65. The second kappa shape index (κ2) is 11.6. The third kappa shape index (κ3) is 7.20. The quantitative estimate of drug-likeness (QED) is 0.313. The number of aliphatic imine (C=N–C) groups is 1. The van der Waals surface area contributed by atoms with E-state index in [1.165, 1.54) is 18.2 Å². The molecule has 2 aromatic carbocycles. The number of phenolic OH excluding ortho intramolecular Hbond substituents is 1. The summed E-state index contributed by atoms with van der Waals surface area (Å²) in [6.07, 6.45) is 0.443. The van der Waals surface area contributed by atoms with Crippen molar-refractivity contribution in [3.63, 3.8) is 0 Å². The van der Waals surface area contributed by atoms with Crippen molar-refractivity contribution in [2.45, 2.75) is 26.0 Å². The molecule has 0 heterocycles. The Labute approximate surface area is 174 Å². The van der Waals surface area contributed by atoms with Crippen LogP contribution < -0.4 is 15.4 Å². The molecule has 3 N–H and O–H groups in total. The second-order valence-electron chi connectivity index (χ2n) is 5.67. The Morgan fingerprint density at radius 1 is 1.15 bits per heavy atom. The van der Waals surface area contributed by atoms with Crippen LogP contribution in [0.2, 0.25) is 0 Å². The van der Waals surface area contributed by atoms with E-state index in [2.05, 4.69) is 15.6 Å². The molecule has 148 valence electrons. The van der Waals surface area contributed by atoms with Gasteiger partial charge >= 0.3 is 0 Å². The lowest BCUT2D eigenvalue weighted by molar-refractivity contribution is 0.191. The molecule has 1 atom stereocenters. The third-order valence-electron chi connectivity index (χ3n) is 3.78. The minimum atomic E-state index is -0.670. The highest BCUT2D eigenvalue weighted by Crippen LogP contribution is 2.18. The van der Waals surface area contributed by atoms with E-state index in [0.717, 1.165) is 0 Å². The van der Waals surface area contributed by atoms with Crippen LogP contribution in [-0.4, -0.2) is 30.8 Å². The lowest BCUT2D eigenvalue weighted by Crippen LogP contribution is -2.42. The van der Waals surface area contributed by atoms with Crippen LogP contribution in [0.1, 0.15) is 18.9 Å². The summed E-state index contributed by atoms with van der Waals surface area (Å²) in [4.78, 5) is 4.10. The maximum absolute atomic E-state index is 13.7. The molecule has 0 fully saturated rings. The molecule has 0 saturated carbocycles. The van der Waals surface area contributed by atoms with E-state index < -0.39 is 11.6 Å². The van der Waals surface area contributed by atoms with Gasteiger partial charge in [-0.05, 0) is 36.2 Å². The van der Waals surface area contributed by atoms with Gasteiger partial charge in [-0.25, -0.2) is 8.78 Å². The van der Waals surface area contributed by atoms with Gasteiger partial charge in [0, 0.05) is 13.6 Å². The van der Waals surface area contributed by atoms with Crippen molar-refractivity contribution in [1.29, 1.82) is 0 Å². The summed E-state index contributed by atoms with van der Waals surface area (Å²) in [5.41, 5.74) is 0.665. The van der Waals surface area contributed by atoms with E-state index in [1.54, 1.807) is 31.3 Å². The van der Waals surface area contributed by atoms with E-state index >= 15 is 0 Å². The number of nitrogens with zero attached hydrogens (tertiary/aromatic N) is 1. The molecule has 0 aromatic heterocycles. The summed E-state index contributed by atoms with van der Waals surface area (Å²) in [6, 6.07) is 10.4. The van der Waals surface area contributed by atoms with Crippen LogP contribution in [0.4, 0.5) is 8.78 Å². The van der Waals surface area contributed by atoms with Crippen molar-refractivity contribution in [1.82, 2.24) is 10.6 Å². The standard InChI is InChI=1S/C19H23F2N3O2.HI/c1-3-14(26-18-7-5-4-6-15(18)20)12-24-19(22-2)23-11-13-8-9-17(25)16(21)10-13;/h4-10,14,25H,3,11-12H2,1-2H3,(H2,22,23,24);1H. The first-order valence-corrected chi connectivity index (χ1v) is 8.36. The van der Waals surface area contributed by atoms with Crippen LogP contribution in [-0.2, 0) is 6.54 Å². The van der Waals surface area contributed by atoms with Crippen molar-refractivity contribution in [2.75, 3.05) is 13.6 Å². The first kappa shape index (κ1) is 22.9. The van der Waals surface area contributed by atoms with Crippen LogP contribution in [0.3, 0.4) is 0 Å². The normalized spacial score (nSPS) is 12.1. The number of para-hydroxylation sites is 1. The third-order valence-corrected chi connectivity index (χ3v) is 3.78. The molecule has 0 radical (unpaired) electrons. The van der Waals surface area contributed by atoms with Gasteiger partial charge in [0.15, 0.2) is 29.1 Å². The van der Waals surface area contributed by atoms with Crippen LogP contribution in [0.15, 0.2) is 47.5 Å². The van der Waals surface area contributed by atoms with E-state index in [4.69, 9.17) is 4.74 Å².